The van der Waals surface area contributed by atoms with Gasteiger partial charge in [0.15, 0.2) is 0 Å². The van der Waals surface area contributed by atoms with E-state index in [4.69, 9.17) is 0 Å². The number of hydrogen-bond acceptors (Lipinski definition) is 5. The maximum absolute atomic E-state index is 12.4. The van der Waals surface area contributed by atoms with Crippen LogP contribution in [0.5, 0.6) is 0 Å². The van der Waals surface area contributed by atoms with Crippen molar-refractivity contribution in [3.8, 4) is 0 Å². The van der Waals surface area contributed by atoms with Gasteiger partial charge >= 0.3 is 5.97 Å². The van der Waals surface area contributed by atoms with Crippen LogP contribution in [0.3, 0.4) is 0 Å². The summed E-state index contributed by atoms with van der Waals surface area (Å²) >= 11 is 4.89. The second-order valence-electron chi connectivity index (χ2n) is 6.00. The fourth-order valence-electron chi connectivity index (χ4n) is 2.73. The van der Waals surface area contributed by atoms with E-state index in [0.29, 0.717) is 27.8 Å². The lowest BCUT2D eigenvalue weighted by Crippen LogP contribution is -2.41. The van der Waals surface area contributed by atoms with Gasteiger partial charge in [-0.05, 0) is 42.5 Å². The summed E-state index contributed by atoms with van der Waals surface area (Å²) in [5.41, 5.74) is 0.699. The number of nitrogens with zero attached hydrogens (tertiary/aromatic N) is 1. The van der Waals surface area contributed by atoms with Gasteiger partial charge in [-0.15, -0.1) is 0 Å². The van der Waals surface area contributed by atoms with Crippen LogP contribution in [0.2, 0.25) is 0 Å². The fraction of sp³-hybridized carbons (Fsp3) is 0.444. The molecule has 0 fully saturated rings. The number of carboxylic acid groups (broad SMARTS) is 1. The van der Waals surface area contributed by atoms with Gasteiger partial charge in [0.1, 0.15) is 6.04 Å². The third kappa shape index (κ3) is 5.55. The van der Waals surface area contributed by atoms with Crippen molar-refractivity contribution in [2.45, 2.75) is 32.2 Å². The molecule has 0 aromatic heterocycles. The number of aliphatic carboxylic acids is 1. The van der Waals surface area contributed by atoms with Gasteiger partial charge in [0.05, 0.1) is 11.1 Å². The summed E-state index contributed by atoms with van der Waals surface area (Å²) in [4.78, 5) is 49.0. The van der Waals surface area contributed by atoms with Crippen molar-refractivity contribution < 1.29 is 24.3 Å². The maximum atomic E-state index is 12.4. The Morgan fingerprint density at radius 1 is 1.26 bits per heavy atom. The molecule has 0 saturated heterocycles. The van der Waals surface area contributed by atoms with Crippen molar-refractivity contribution in [1.29, 1.82) is 0 Å². The number of amides is 3. The molecule has 1 atom stereocenters. The topological polar surface area (TPSA) is 104 Å². The molecule has 0 bridgehead atoms. The van der Waals surface area contributed by atoms with Crippen molar-refractivity contribution in [2.75, 3.05) is 18.1 Å². The number of carboxylic acids is 1. The maximum Gasteiger partial charge on any atom is 0.326 e. The molecule has 7 nitrogen and oxygen atoms in total. The van der Waals surface area contributed by atoms with E-state index in [1.165, 1.54) is 0 Å². The molecule has 1 unspecified atom stereocenters. The molecule has 0 aliphatic carbocycles. The van der Waals surface area contributed by atoms with Crippen LogP contribution in [-0.4, -0.2) is 57.8 Å². The van der Waals surface area contributed by atoms with Gasteiger partial charge in [0.25, 0.3) is 11.8 Å². The van der Waals surface area contributed by atoms with Gasteiger partial charge in [-0.3, -0.25) is 19.3 Å². The first kappa shape index (κ1) is 21.4. The molecule has 3 amide bonds. The Hall–Kier alpha value is -1.87. The fourth-order valence-corrected chi connectivity index (χ4v) is 3.79. The lowest BCUT2D eigenvalue weighted by Gasteiger charge is -2.16. The number of carbonyl (C=O) groups is 4. The molecule has 146 valence electrons. The first-order valence-corrected chi connectivity index (χ1v) is 10.6. The van der Waals surface area contributed by atoms with E-state index in [0.717, 1.165) is 10.7 Å². The van der Waals surface area contributed by atoms with Crippen molar-refractivity contribution in [1.82, 2.24) is 10.2 Å². The molecule has 9 heteroatoms. The molecule has 0 radical (unpaired) electrons. The Morgan fingerprint density at radius 2 is 1.96 bits per heavy atom. The molecule has 1 aliphatic rings. The average molecular weight is 457 g/mol. The molecule has 1 aromatic rings. The van der Waals surface area contributed by atoms with E-state index < -0.39 is 17.9 Å². The predicted molar refractivity (Wildman–Crippen MR) is 106 cm³/mol. The molecular weight excluding hydrogens is 436 g/mol. The highest BCUT2D eigenvalue weighted by molar-refractivity contribution is 9.10. The lowest BCUT2D eigenvalue weighted by atomic mass is 10.1. The number of carbonyl (C=O) groups excluding carboxylic acids is 3. The van der Waals surface area contributed by atoms with Crippen LogP contribution in [-0.2, 0) is 9.59 Å². The highest BCUT2D eigenvalue weighted by atomic mass is 79.9. The van der Waals surface area contributed by atoms with Crippen molar-refractivity contribution in [3.63, 3.8) is 0 Å². The molecule has 1 aromatic carbocycles. The number of hydrogen-bond donors (Lipinski definition) is 2. The highest BCUT2D eigenvalue weighted by Crippen LogP contribution is 2.26. The second kappa shape index (κ2) is 9.89. The summed E-state index contributed by atoms with van der Waals surface area (Å²) in [6.07, 6.45) is 0.670. The summed E-state index contributed by atoms with van der Waals surface area (Å²) in [7, 11) is 0. The van der Waals surface area contributed by atoms with E-state index in [1.807, 2.05) is 6.92 Å². The first-order chi connectivity index (χ1) is 12.8. The molecule has 0 spiro atoms. The summed E-state index contributed by atoms with van der Waals surface area (Å²) < 4.78 is 0.713. The minimum Gasteiger partial charge on any atom is -0.480 e. The van der Waals surface area contributed by atoms with Crippen LogP contribution in [0.25, 0.3) is 0 Å². The van der Waals surface area contributed by atoms with Crippen molar-refractivity contribution in [3.05, 3.63) is 33.8 Å². The Bertz CT molecular complexity index is 755. The minimum atomic E-state index is -1.06. The third-order valence-corrected chi connectivity index (χ3v) is 5.53. The first-order valence-electron chi connectivity index (χ1n) is 8.60. The highest BCUT2D eigenvalue weighted by Gasteiger charge is 2.35. The van der Waals surface area contributed by atoms with E-state index in [-0.39, 0.29) is 31.2 Å². The van der Waals surface area contributed by atoms with Crippen LogP contribution >= 0.6 is 27.7 Å². The zero-order valence-electron chi connectivity index (χ0n) is 14.9. The molecule has 27 heavy (non-hydrogen) atoms. The van der Waals surface area contributed by atoms with Gasteiger partial charge in [-0.2, -0.15) is 11.8 Å². The quantitative estimate of drug-likeness (QED) is 0.414. The van der Waals surface area contributed by atoms with E-state index in [2.05, 4.69) is 21.2 Å². The largest absolute Gasteiger partial charge is 0.480 e. The summed E-state index contributed by atoms with van der Waals surface area (Å²) in [5, 5.41) is 11.7. The Balaban J connectivity index is 1.83. The number of benzene rings is 1. The van der Waals surface area contributed by atoms with Gasteiger partial charge < -0.3 is 10.4 Å². The molecule has 1 aliphatic heterocycles. The van der Waals surface area contributed by atoms with E-state index in [1.54, 1.807) is 30.0 Å². The normalized spacial score (nSPS) is 14.2. The number of nitrogens with one attached hydrogen (secondary N) is 1. The van der Waals surface area contributed by atoms with Crippen LogP contribution in [0.15, 0.2) is 22.7 Å². The zero-order chi connectivity index (χ0) is 20.0. The summed E-state index contributed by atoms with van der Waals surface area (Å²) in [6, 6.07) is 3.98. The number of fused-ring (bicyclic) bond motifs is 1. The van der Waals surface area contributed by atoms with Gasteiger partial charge in [0, 0.05) is 17.4 Å². The van der Waals surface area contributed by atoms with Crippen molar-refractivity contribution in [2.24, 2.45) is 0 Å². The van der Waals surface area contributed by atoms with Gasteiger partial charge in [0.2, 0.25) is 5.91 Å². The third-order valence-electron chi connectivity index (χ3n) is 4.11. The SMILES string of the molecule is CCSCCC(NC(=O)CCCN1C(=O)c2ccc(Br)cc2C1=O)C(=O)O. The van der Waals surface area contributed by atoms with Gasteiger partial charge in [-0.25, -0.2) is 4.79 Å². The number of thioether (sulfide) groups is 1. The van der Waals surface area contributed by atoms with Crippen LogP contribution < -0.4 is 5.32 Å². The smallest absolute Gasteiger partial charge is 0.326 e. The number of rotatable bonds is 10. The minimum absolute atomic E-state index is 0.0435. The van der Waals surface area contributed by atoms with Crippen LogP contribution in [0.1, 0.15) is 46.9 Å². The predicted octanol–water partition coefficient (Wildman–Crippen LogP) is 2.54. The Labute approximate surface area is 170 Å². The average Bonchev–Trinajstić information content (AvgIpc) is 2.85. The standard InChI is InChI=1S/C18H21BrN2O5S/c1-2-27-9-7-14(18(25)26)20-15(22)4-3-8-21-16(23)12-6-5-11(19)10-13(12)17(21)24/h5-6,10,14H,2-4,7-9H2,1H3,(H,20,22)(H,25,26). The number of halogens is 1. The zero-order valence-corrected chi connectivity index (χ0v) is 17.3. The summed E-state index contributed by atoms with van der Waals surface area (Å²) in [6.45, 7) is 2.09. The molecule has 2 N–H and O–H groups in total. The summed E-state index contributed by atoms with van der Waals surface area (Å²) in [5.74, 6) is -0.677. The van der Waals surface area contributed by atoms with Crippen molar-refractivity contribution >= 4 is 51.4 Å². The molecule has 1 heterocycles. The lowest BCUT2D eigenvalue weighted by molar-refractivity contribution is -0.141. The molecular formula is C18H21BrN2O5S. The number of imide groups is 1. The van der Waals surface area contributed by atoms with Gasteiger partial charge in [-0.1, -0.05) is 22.9 Å². The molecule has 0 saturated carbocycles. The van der Waals surface area contributed by atoms with Crippen LogP contribution in [0.4, 0.5) is 0 Å². The van der Waals surface area contributed by atoms with E-state index >= 15 is 0 Å². The molecule has 2 rings (SSSR count). The Morgan fingerprint density at radius 3 is 2.63 bits per heavy atom. The van der Waals surface area contributed by atoms with Crippen LogP contribution in [0, 0.1) is 0 Å². The Kier molecular flexibility index (Phi) is 7.85. The van der Waals surface area contributed by atoms with E-state index in [9.17, 15) is 24.3 Å². The monoisotopic (exact) mass is 456 g/mol. The second-order valence-corrected chi connectivity index (χ2v) is 8.31.